The molecule has 10 nitrogen and oxygen atoms in total. The third-order valence-electron chi connectivity index (χ3n) is 6.30. The number of rotatable bonds is 13. The summed E-state index contributed by atoms with van der Waals surface area (Å²) in [5.74, 6) is -1.39. The van der Waals surface area contributed by atoms with Crippen molar-refractivity contribution >= 4 is 33.2 Å². The lowest BCUT2D eigenvalue weighted by Gasteiger charge is -2.33. The van der Waals surface area contributed by atoms with Gasteiger partial charge in [-0.2, -0.15) is 0 Å². The van der Waals surface area contributed by atoms with Gasteiger partial charge in [0.05, 0.1) is 15.5 Å². The number of nitro benzene ring substituents is 1. The number of carbonyl (C=O) groups is 2. The van der Waals surface area contributed by atoms with Gasteiger partial charge in [-0.15, -0.1) is 0 Å². The molecule has 3 rings (SSSR count). The lowest BCUT2D eigenvalue weighted by atomic mass is 10.1. The van der Waals surface area contributed by atoms with E-state index in [-0.39, 0.29) is 35.2 Å². The molecule has 0 aliphatic rings. The third kappa shape index (κ3) is 8.10. The van der Waals surface area contributed by atoms with Crippen molar-refractivity contribution in [3.8, 4) is 0 Å². The van der Waals surface area contributed by atoms with Gasteiger partial charge in [0.25, 0.3) is 15.7 Å². The number of halogens is 1. The van der Waals surface area contributed by atoms with Crippen LogP contribution in [0.3, 0.4) is 0 Å². The topological polar surface area (TPSA) is 130 Å². The molecular formula is C29H33FN4O6S. The van der Waals surface area contributed by atoms with Crippen molar-refractivity contribution in [2.24, 2.45) is 5.92 Å². The van der Waals surface area contributed by atoms with Gasteiger partial charge in [0.1, 0.15) is 18.4 Å². The summed E-state index contributed by atoms with van der Waals surface area (Å²) in [6.45, 7) is 5.21. The Labute approximate surface area is 239 Å². The smallest absolute Gasteiger partial charge is 0.269 e. The van der Waals surface area contributed by atoms with E-state index in [1.807, 2.05) is 13.8 Å². The van der Waals surface area contributed by atoms with Crippen molar-refractivity contribution in [2.75, 3.05) is 17.4 Å². The Morgan fingerprint density at radius 3 is 2.12 bits per heavy atom. The SMILES string of the molecule is CC[C@@H](C(=O)NCC(C)C)N(Cc1ccc(F)cc1)C(=O)CN(c1ccc([N+](=O)[O-])cc1)S(=O)(=O)c1ccccc1. The van der Waals surface area contributed by atoms with Crippen LogP contribution in [-0.4, -0.2) is 49.2 Å². The number of benzene rings is 3. The second-order valence-corrected chi connectivity index (χ2v) is 11.7. The predicted molar refractivity (Wildman–Crippen MR) is 153 cm³/mol. The summed E-state index contributed by atoms with van der Waals surface area (Å²) in [4.78, 5) is 38.9. The van der Waals surface area contributed by atoms with E-state index in [2.05, 4.69) is 5.32 Å². The second kappa shape index (κ2) is 13.8. The van der Waals surface area contributed by atoms with Gasteiger partial charge < -0.3 is 10.2 Å². The minimum absolute atomic E-state index is 0.0341. The van der Waals surface area contributed by atoms with Gasteiger partial charge >= 0.3 is 0 Å². The van der Waals surface area contributed by atoms with E-state index in [1.54, 1.807) is 13.0 Å². The third-order valence-corrected chi connectivity index (χ3v) is 8.08. The largest absolute Gasteiger partial charge is 0.354 e. The molecule has 0 spiro atoms. The summed E-state index contributed by atoms with van der Waals surface area (Å²) in [5, 5.41) is 14.0. The van der Waals surface area contributed by atoms with Crippen molar-refractivity contribution in [2.45, 2.75) is 44.7 Å². The lowest BCUT2D eigenvalue weighted by molar-refractivity contribution is -0.384. The number of hydrogen-bond donors (Lipinski definition) is 1. The number of carbonyl (C=O) groups excluding carboxylic acids is 2. The molecular weight excluding hydrogens is 551 g/mol. The average Bonchev–Trinajstić information content (AvgIpc) is 2.96. The number of nitro groups is 1. The van der Waals surface area contributed by atoms with Gasteiger partial charge in [0.15, 0.2) is 0 Å². The van der Waals surface area contributed by atoms with Crippen LogP contribution in [-0.2, 0) is 26.2 Å². The van der Waals surface area contributed by atoms with E-state index in [0.717, 1.165) is 16.4 Å². The number of nitrogens with zero attached hydrogens (tertiary/aromatic N) is 3. The Kier molecular flexibility index (Phi) is 10.5. The van der Waals surface area contributed by atoms with E-state index in [1.165, 1.54) is 65.6 Å². The number of hydrogen-bond acceptors (Lipinski definition) is 6. The van der Waals surface area contributed by atoms with E-state index in [0.29, 0.717) is 12.1 Å². The lowest BCUT2D eigenvalue weighted by Crippen LogP contribution is -2.52. The zero-order valence-electron chi connectivity index (χ0n) is 23.1. The number of non-ortho nitro benzene ring substituents is 1. The first-order valence-corrected chi connectivity index (χ1v) is 14.5. The number of sulfonamides is 1. The van der Waals surface area contributed by atoms with Crippen molar-refractivity contribution in [3.05, 3.63) is 100 Å². The standard InChI is InChI=1S/C29H33FN4O6S/c1-4-27(29(36)31-18-21(2)3)32(19-22-10-12-23(30)13-11-22)28(35)20-33(24-14-16-25(17-15-24)34(37)38)41(39,40)26-8-6-5-7-9-26/h5-17,21,27H,4,18-20H2,1-3H3,(H,31,36)/t27-/m0/s1. The van der Waals surface area contributed by atoms with Crippen LogP contribution < -0.4 is 9.62 Å². The Morgan fingerprint density at radius 2 is 1.59 bits per heavy atom. The van der Waals surface area contributed by atoms with Crippen molar-refractivity contribution in [3.63, 3.8) is 0 Å². The highest BCUT2D eigenvalue weighted by Crippen LogP contribution is 2.26. The fourth-order valence-corrected chi connectivity index (χ4v) is 5.55. The van der Waals surface area contributed by atoms with E-state index in [4.69, 9.17) is 0 Å². The molecule has 12 heteroatoms. The van der Waals surface area contributed by atoms with Gasteiger partial charge in [-0.1, -0.05) is 51.1 Å². The second-order valence-electron chi connectivity index (χ2n) is 9.81. The maximum atomic E-state index is 14.0. The Hall–Kier alpha value is -4.32. The highest BCUT2D eigenvalue weighted by molar-refractivity contribution is 7.92. The normalized spacial score (nSPS) is 12.0. The summed E-state index contributed by atoms with van der Waals surface area (Å²) in [6, 6.07) is 16.8. The van der Waals surface area contributed by atoms with E-state index >= 15 is 0 Å². The van der Waals surface area contributed by atoms with Crippen LogP contribution in [0, 0.1) is 21.8 Å². The maximum absolute atomic E-state index is 14.0. The van der Waals surface area contributed by atoms with Crippen molar-refractivity contribution < 1.29 is 27.3 Å². The van der Waals surface area contributed by atoms with Gasteiger partial charge in [-0.05, 0) is 54.3 Å². The Bertz CT molecular complexity index is 1450. The molecule has 3 aromatic carbocycles. The molecule has 0 heterocycles. The van der Waals surface area contributed by atoms with Crippen LogP contribution >= 0.6 is 0 Å². The zero-order chi connectivity index (χ0) is 30.2. The molecule has 0 aliphatic carbocycles. The number of anilines is 1. The van der Waals surface area contributed by atoms with Crippen LogP contribution in [0.4, 0.5) is 15.8 Å². The molecule has 0 saturated carbocycles. The van der Waals surface area contributed by atoms with Gasteiger partial charge in [0, 0.05) is 25.2 Å². The highest BCUT2D eigenvalue weighted by atomic mass is 32.2. The molecule has 0 bridgehead atoms. The summed E-state index contributed by atoms with van der Waals surface area (Å²) < 4.78 is 42.0. The molecule has 0 aliphatic heterocycles. The first kappa shape index (κ1) is 31.2. The van der Waals surface area contributed by atoms with Gasteiger partial charge in [-0.25, -0.2) is 12.8 Å². The molecule has 0 saturated heterocycles. The quantitative estimate of drug-likeness (QED) is 0.232. The number of nitrogens with one attached hydrogen (secondary N) is 1. The summed E-state index contributed by atoms with van der Waals surface area (Å²) >= 11 is 0. The van der Waals surface area contributed by atoms with Gasteiger partial charge in [0.2, 0.25) is 11.8 Å². The molecule has 0 aromatic heterocycles. The fourth-order valence-electron chi connectivity index (χ4n) is 4.12. The van der Waals surface area contributed by atoms with Crippen molar-refractivity contribution in [1.82, 2.24) is 10.2 Å². The molecule has 0 unspecified atom stereocenters. The van der Waals surface area contributed by atoms with Gasteiger partial charge in [-0.3, -0.25) is 24.0 Å². The average molecular weight is 585 g/mol. The molecule has 0 radical (unpaired) electrons. The van der Waals surface area contributed by atoms with E-state index in [9.17, 15) is 32.5 Å². The maximum Gasteiger partial charge on any atom is 0.269 e. The first-order chi connectivity index (χ1) is 19.4. The zero-order valence-corrected chi connectivity index (χ0v) is 23.9. The monoisotopic (exact) mass is 584 g/mol. The first-order valence-electron chi connectivity index (χ1n) is 13.1. The summed E-state index contributed by atoms with van der Waals surface area (Å²) in [6.07, 6.45) is 0.236. The van der Waals surface area contributed by atoms with Crippen LogP contribution in [0.25, 0.3) is 0 Å². The minimum Gasteiger partial charge on any atom is -0.354 e. The molecule has 1 N–H and O–H groups in total. The van der Waals surface area contributed by atoms with E-state index < -0.39 is 45.2 Å². The number of amides is 2. The molecule has 218 valence electrons. The summed E-state index contributed by atoms with van der Waals surface area (Å²) in [7, 11) is -4.30. The van der Waals surface area contributed by atoms with Crippen LogP contribution in [0.15, 0.2) is 83.8 Å². The van der Waals surface area contributed by atoms with Crippen LogP contribution in [0.5, 0.6) is 0 Å². The van der Waals surface area contributed by atoms with Crippen LogP contribution in [0.1, 0.15) is 32.8 Å². The molecule has 0 fully saturated rings. The Morgan fingerprint density at radius 1 is 0.976 bits per heavy atom. The minimum atomic E-state index is -4.30. The highest BCUT2D eigenvalue weighted by Gasteiger charge is 2.33. The fraction of sp³-hybridized carbons (Fsp3) is 0.310. The summed E-state index contributed by atoms with van der Waals surface area (Å²) in [5.41, 5.74) is 0.331. The predicted octanol–water partition coefficient (Wildman–Crippen LogP) is 4.51. The molecule has 41 heavy (non-hydrogen) atoms. The molecule has 2 amide bonds. The molecule has 3 aromatic rings. The molecule has 1 atom stereocenters. The van der Waals surface area contributed by atoms with Crippen LogP contribution in [0.2, 0.25) is 0 Å². The Balaban J connectivity index is 2.05. The van der Waals surface area contributed by atoms with Crippen molar-refractivity contribution in [1.29, 1.82) is 0 Å².